The summed E-state index contributed by atoms with van der Waals surface area (Å²) in [5.41, 5.74) is 0.788. The largest absolute Gasteiger partial charge is 0.358 e. The minimum absolute atomic E-state index is 0.0165. The highest BCUT2D eigenvalue weighted by Crippen LogP contribution is 2.26. The quantitative estimate of drug-likeness (QED) is 0.733. The van der Waals surface area contributed by atoms with Crippen molar-refractivity contribution in [2.24, 2.45) is 4.99 Å². The zero-order chi connectivity index (χ0) is 19.9. The number of rotatable bonds is 4. The van der Waals surface area contributed by atoms with Crippen LogP contribution < -0.4 is 0 Å². The van der Waals surface area contributed by atoms with Crippen LogP contribution in [0.5, 0.6) is 0 Å². The van der Waals surface area contributed by atoms with E-state index in [0.29, 0.717) is 17.5 Å². The molecule has 0 N–H and O–H groups in total. The van der Waals surface area contributed by atoms with Crippen molar-refractivity contribution in [1.29, 1.82) is 0 Å². The Bertz CT molecular complexity index is 881. The Morgan fingerprint density at radius 1 is 1.26 bits per heavy atom. The number of aliphatic imine (C=N–C) groups is 1. The average molecular weight is 391 g/mol. The lowest BCUT2D eigenvalue weighted by Crippen LogP contribution is -2.61. The zero-order valence-corrected chi connectivity index (χ0v) is 16.3. The van der Waals surface area contributed by atoms with E-state index >= 15 is 0 Å². The van der Waals surface area contributed by atoms with Gasteiger partial charge in [0.1, 0.15) is 18.1 Å². The van der Waals surface area contributed by atoms with Crippen LogP contribution in [0, 0.1) is 5.82 Å². The minimum Gasteiger partial charge on any atom is -0.299 e. The number of imide groups is 1. The Balaban J connectivity index is 2.02. The molecular formula is C18H20FN4O3S+. The molecule has 27 heavy (non-hydrogen) atoms. The number of likely N-dealkylation sites (N-methyl/N-ethyl adjacent to an activating group) is 2. The molecule has 1 saturated heterocycles. The van der Waals surface area contributed by atoms with Crippen LogP contribution >= 0.6 is 11.8 Å². The summed E-state index contributed by atoms with van der Waals surface area (Å²) >= 11 is 1.24. The second-order valence-electron chi connectivity index (χ2n) is 6.52. The lowest BCUT2D eigenvalue weighted by Gasteiger charge is -2.30. The van der Waals surface area contributed by atoms with Crippen LogP contribution in [0.25, 0.3) is 0 Å². The van der Waals surface area contributed by atoms with Gasteiger partial charge in [0.15, 0.2) is 0 Å². The van der Waals surface area contributed by atoms with Gasteiger partial charge in [0, 0.05) is 14.1 Å². The molecule has 0 bridgehead atoms. The predicted octanol–water partition coefficient (Wildman–Crippen LogP) is 1.71. The molecule has 0 spiro atoms. The maximum atomic E-state index is 13.2. The zero-order valence-electron chi connectivity index (χ0n) is 15.5. The molecule has 2 heterocycles. The number of benzene rings is 1. The monoisotopic (exact) mass is 391 g/mol. The number of Topliss-reactive ketones (excluding diaryl/α,β-unsaturated/α-hetero) is 1. The molecule has 7 nitrogen and oxygen atoms in total. The molecule has 1 fully saturated rings. The average Bonchev–Trinajstić information content (AvgIpc) is 2.98. The van der Waals surface area contributed by atoms with E-state index < -0.39 is 12.1 Å². The van der Waals surface area contributed by atoms with Crippen LogP contribution in [0.3, 0.4) is 0 Å². The highest BCUT2D eigenvalue weighted by molar-refractivity contribution is 8.14. The van der Waals surface area contributed by atoms with Gasteiger partial charge in [-0.2, -0.15) is 0 Å². The van der Waals surface area contributed by atoms with E-state index in [1.54, 1.807) is 30.7 Å². The molecule has 1 aromatic rings. The Morgan fingerprint density at radius 3 is 2.48 bits per heavy atom. The molecule has 9 heteroatoms. The summed E-state index contributed by atoms with van der Waals surface area (Å²) in [4.78, 5) is 43.6. The van der Waals surface area contributed by atoms with Gasteiger partial charge < -0.3 is 0 Å². The molecule has 2 aliphatic rings. The van der Waals surface area contributed by atoms with Gasteiger partial charge in [-0.25, -0.2) is 13.8 Å². The van der Waals surface area contributed by atoms with E-state index in [2.05, 4.69) is 4.99 Å². The number of urea groups is 1. The number of nitrogens with zero attached hydrogens (tertiary/aromatic N) is 4. The van der Waals surface area contributed by atoms with Crippen molar-refractivity contribution in [2.75, 3.05) is 14.1 Å². The first-order chi connectivity index (χ1) is 12.7. The van der Waals surface area contributed by atoms with Crippen LogP contribution in [-0.4, -0.2) is 68.5 Å². The third kappa shape index (κ3) is 3.51. The maximum Gasteiger partial charge on any atom is 0.358 e. The molecule has 0 aliphatic carbocycles. The fourth-order valence-electron chi connectivity index (χ4n) is 2.86. The molecule has 1 aromatic carbocycles. The van der Waals surface area contributed by atoms with Crippen molar-refractivity contribution >= 4 is 40.5 Å². The van der Waals surface area contributed by atoms with Crippen LogP contribution in [0.15, 0.2) is 29.3 Å². The topological polar surface area (TPSA) is 73.1 Å². The van der Waals surface area contributed by atoms with Gasteiger partial charge in [0.05, 0.1) is 5.25 Å². The number of amidine groups is 2. The molecule has 0 aromatic heterocycles. The molecule has 2 atom stereocenters. The van der Waals surface area contributed by atoms with Gasteiger partial charge in [-0.15, -0.1) is 0 Å². The number of carbonyl (C=O) groups excluding carboxylic acids is 3. The van der Waals surface area contributed by atoms with Crippen LogP contribution in [0.4, 0.5) is 9.18 Å². The van der Waals surface area contributed by atoms with E-state index in [1.807, 2.05) is 0 Å². The Hall–Kier alpha value is -2.55. The van der Waals surface area contributed by atoms with E-state index in [9.17, 15) is 18.8 Å². The molecule has 0 radical (unpaired) electrons. The summed E-state index contributed by atoms with van der Waals surface area (Å²) in [6.07, 6.45) is 0. The number of hydrogen-bond donors (Lipinski definition) is 0. The minimum atomic E-state index is -0.760. The van der Waals surface area contributed by atoms with Crippen molar-refractivity contribution in [2.45, 2.75) is 31.7 Å². The molecule has 2 unspecified atom stereocenters. The Labute approximate surface area is 160 Å². The second kappa shape index (κ2) is 7.22. The number of ketones is 1. The number of hydrogen-bond acceptors (Lipinski definition) is 5. The summed E-state index contributed by atoms with van der Waals surface area (Å²) in [5.74, 6) is -0.412. The first-order valence-electron chi connectivity index (χ1n) is 8.39. The summed E-state index contributed by atoms with van der Waals surface area (Å²) < 4.78 is 15.0. The van der Waals surface area contributed by atoms with E-state index in [4.69, 9.17) is 0 Å². The molecule has 142 valence electrons. The summed E-state index contributed by atoms with van der Waals surface area (Å²) in [6.45, 7) is 3.56. The fourth-order valence-corrected chi connectivity index (χ4v) is 3.79. The number of amides is 3. The van der Waals surface area contributed by atoms with Crippen LogP contribution in [-0.2, 0) is 16.1 Å². The third-order valence-electron chi connectivity index (χ3n) is 4.61. The van der Waals surface area contributed by atoms with Gasteiger partial charge in [-0.3, -0.25) is 19.4 Å². The van der Waals surface area contributed by atoms with E-state index in [0.717, 1.165) is 10.5 Å². The third-order valence-corrected chi connectivity index (χ3v) is 5.84. The van der Waals surface area contributed by atoms with Crippen molar-refractivity contribution in [3.8, 4) is 0 Å². The maximum absolute atomic E-state index is 13.2. The Kier molecular flexibility index (Phi) is 5.14. The van der Waals surface area contributed by atoms with Gasteiger partial charge in [0.25, 0.3) is 17.8 Å². The highest BCUT2D eigenvalue weighted by Gasteiger charge is 2.53. The number of carbonyl (C=O) groups is 3. The molecule has 3 rings (SSSR count). The van der Waals surface area contributed by atoms with Gasteiger partial charge >= 0.3 is 11.2 Å². The van der Waals surface area contributed by atoms with Crippen LogP contribution in [0.2, 0.25) is 0 Å². The van der Waals surface area contributed by atoms with Crippen molar-refractivity contribution in [3.05, 3.63) is 35.6 Å². The number of halogens is 1. The standard InChI is InChI=1S/C18H20FN4O3S/c1-10(24)11(2)27-17-20-15-14(16(25)22(4)18(26)21(15)3)23(17)9-12-5-7-13(19)8-6-12/h5-8,11,14H,9H2,1-4H3/q+1. The van der Waals surface area contributed by atoms with Gasteiger partial charge in [-0.1, -0.05) is 12.1 Å². The van der Waals surface area contributed by atoms with Crippen LogP contribution in [0.1, 0.15) is 19.4 Å². The van der Waals surface area contributed by atoms with Crippen molar-refractivity contribution in [3.63, 3.8) is 0 Å². The fraction of sp³-hybridized carbons (Fsp3) is 0.389. The lowest BCUT2D eigenvalue weighted by atomic mass is 10.1. The first-order valence-corrected chi connectivity index (χ1v) is 9.27. The summed E-state index contributed by atoms with van der Waals surface area (Å²) in [5, 5.41) is 0.138. The van der Waals surface area contributed by atoms with Crippen molar-refractivity contribution in [1.82, 2.24) is 9.80 Å². The second-order valence-corrected chi connectivity index (χ2v) is 7.83. The lowest BCUT2D eigenvalue weighted by molar-refractivity contribution is -0.548. The summed E-state index contributed by atoms with van der Waals surface area (Å²) in [6, 6.07) is 4.75. The number of thioether (sulfide) groups is 1. The molecule has 0 saturated carbocycles. The first kappa shape index (κ1) is 19.2. The summed E-state index contributed by atoms with van der Waals surface area (Å²) in [7, 11) is 2.99. The molecular weight excluding hydrogens is 371 g/mol. The molecule has 2 aliphatic heterocycles. The van der Waals surface area contributed by atoms with E-state index in [-0.39, 0.29) is 22.8 Å². The Morgan fingerprint density at radius 2 is 1.89 bits per heavy atom. The molecule has 3 amide bonds. The van der Waals surface area contributed by atoms with Crippen molar-refractivity contribution < 1.29 is 23.3 Å². The smallest absolute Gasteiger partial charge is 0.299 e. The highest BCUT2D eigenvalue weighted by atomic mass is 32.2. The van der Waals surface area contributed by atoms with Gasteiger partial charge in [0.2, 0.25) is 0 Å². The number of fused-ring (bicyclic) bond motifs is 1. The van der Waals surface area contributed by atoms with E-state index in [1.165, 1.54) is 42.8 Å². The van der Waals surface area contributed by atoms with Gasteiger partial charge in [-0.05, 0) is 48.3 Å². The normalized spacial score (nSPS) is 20.8. The SMILES string of the molecule is CC(=O)C(C)SC1=[N+](Cc2ccc(F)cc2)C2C(=O)N(C)C(=O)N(C)C2=N1. The predicted molar refractivity (Wildman–Crippen MR) is 100 cm³/mol.